The van der Waals surface area contributed by atoms with E-state index in [0.29, 0.717) is 18.6 Å². The fourth-order valence-electron chi connectivity index (χ4n) is 2.72. The Bertz CT molecular complexity index is 916. The Morgan fingerprint density at radius 3 is 2.11 bits per heavy atom. The molecule has 1 N–H and O–H groups in total. The molecule has 4 nitrogen and oxygen atoms in total. The number of carbonyl (C=O) groups is 2. The van der Waals surface area contributed by atoms with Crippen molar-refractivity contribution in [2.75, 3.05) is 5.32 Å². The maximum absolute atomic E-state index is 12.3. The van der Waals surface area contributed by atoms with Gasteiger partial charge >= 0.3 is 0 Å². The van der Waals surface area contributed by atoms with Crippen molar-refractivity contribution in [2.45, 2.75) is 26.4 Å². The van der Waals surface area contributed by atoms with E-state index >= 15 is 0 Å². The van der Waals surface area contributed by atoms with Crippen LogP contribution >= 0.6 is 0 Å². The molecule has 0 spiro atoms. The van der Waals surface area contributed by atoms with E-state index in [2.05, 4.69) is 5.32 Å². The van der Waals surface area contributed by atoms with E-state index < -0.39 is 0 Å². The van der Waals surface area contributed by atoms with Gasteiger partial charge < -0.3 is 14.8 Å². The molecule has 0 aliphatic carbocycles. The first-order valence-electron chi connectivity index (χ1n) is 9.27. The molecule has 142 valence electrons. The maximum Gasteiger partial charge on any atom is 0.255 e. The van der Waals surface area contributed by atoms with E-state index in [1.54, 1.807) is 19.1 Å². The van der Waals surface area contributed by atoms with Crippen LogP contribution in [0.15, 0.2) is 78.9 Å². The highest BCUT2D eigenvalue weighted by atomic mass is 16.5. The number of nitrogens with one attached hydrogen (secondary N) is 1. The van der Waals surface area contributed by atoms with Gasteiger partial charge in [0.1, 0.15) is 18.1 Å². The first-order chi connectivity index (χ1) is 13.6. The van der Waals surface area contributed by atoms with Crippen LogP contribution in [0.5, 0.6) is 5.75 Å². The Labute approximate surface area is 165 Å². The van der Waals surface area contributed by atoms with Gasteiger partial charge in [-0.2, -0.15) is 0 Å². The number of benzene rings is 3. The summed E-state index contributed by atoms with van der Waals surface area (Å²) in [6.45, 7) is 2.03. The molecule has 0 heterocycles. The van der Waals surface area contributed by atoms with Gasteiger partial charge in [-0.15, -0.1) is 0 Å². The number of Topliss-reactive ketones (excluding diaryl/α,β-unsaturated/α-hetero) is 1. The molecular weight excluding hydrogens is 350 g/mol. The lowest BCUT2D eigenvalue weighted by Gasteiger charge is -2.09. The normalized spacial score (nSPS) is 10.3. The van der Waals surface area contributed by atoms with Gasteiger partial charge in [-0.05, 0) is 60.9 Å². The van der Waals surface area contributed by atoms with Gasteiger partial charge in [-0.1, -0.05) is 42.5 Å². The van der Waals surface area contributed by atoms with E-state index in [4.69, 9.17) is 4.74 Å². The number of ether oxygens (including phenoxy) is 1. The van der Waals surface area contributed by atoms with Crippen LogP contribution in [-0.4, -0.2) is 11.7 Å². The number of aryl methyl sites for hydroxylation is 1. The van der Waals surface area contributed by atoms with Gasteiger partial charge in [0.25, 0.3) is 5.91 Å². The van der Waals surface area contributed by atoms with Crippen LogP contribution in [-0.2, 0) is 17.8 Å². The van der Waals surface area contributed by atoms with E-state index in [0.717, 1.165) is 29.0 Å². The largest absolute Gasteiger partial charge is 0.489 e. The van der Waals surface area contributed by atoms with E-state index in [1.807, 2.05) is 66.7 Å². The van der Waals surface area contributed by atoms with Crippen molar-refractivity contribution >= 4 is 17.4 Å². The second kappa shape index (κ2) is 9.51. The number of anilines is 1. The number of carbonyl (C=O) groups excluding carboxylic acids is 2. The summed E-state index contributed by atoms with van der Waals surface area (Å²) in [7, 11) is 0. The molecular formula is C24H23NO3. The Hall–Kier alpha value is -3.40. The third-order valence-corrected chi connectivity index (χ3v) is 4.34. The van der Waals surface area contributed by atoms with E-state index in [9.17, 15) is 9.59 Å². The minimum absolute atomic E-state index is 0.139. The lowest BCUT2D eigenvalue weighted by atomic mass is 10.1. The number of amides is 1. The highest BCUT2D eigenvalue weighted by Crippen LogP contribution is 2.16. The molecule has 3 rings (SSSR count). The topological polar surface area (TPSA) is 55.4 Å². The number of hydrogen-bond acceptors (Lipinski definition) is 3. The van der Waals surface area contributed by atoms with Gasteiger partial charge in [0, 0.05) is 17.7 Å². The fraction of sp³-hybridized carbons (Fsp3) is 0.167. The van der Waals surface area contributed by atoms with Crippen molar-refractivity contribution in [3.63, 3.8) is 0 Å². The SMILES string of the molecule is CC(=O)CCc1ccc(OCc2ccc(C(=O)Nc3ccccc3)cc2)cc1. The van der Waals surface area contributed by atoms with Crippen LogP contribution in [0.1, 0.15) is 34.8 Å². The van der Waals surface area contributed by atoms with Crippen LogP contribution in [0.25, 0.3) is 0 Å². The molecule has 0 bridgehead atoms. The van der Waals surface area contributed by atoms with E-state index in [-0.39, 0.29) is 11.7 Å². The standard InChI is InChI=1S/C24H23NO3/c1-18(26)7-8-19-11-15-23(16-12-19)28-17-20-9-13-21(14-10-20)24(27)25-22-5-3-2-4-6-22/h2-6,9-16H,7-8,17H2,1H3,(H,25,27). The zero-order valence-corrected chi connectivity index (χ0v) is 15.9. The molecule has 0 radical (unpaired) electrons. The van der Waals surface area contributed by atoms with E-state index in [1.165, 1.54) is 0 Å². The minimum Gasteiger partial charge on any atom is -0.489 e. The summed E-state index contributed by atoms with van der Waals surface area (Å²) < 4.78 is 5.80. The lowest BCUT2D eigenvalue weighted by molar-refractivity contribution is -0.116. The second-order valence-electron chi connectivity index (χ2n) is 6.65. The molecule has 28 heavy (non-hydrogen) atoms. The summed E-state index contributed by atoms with van der Waals surface area (Å²) in [5.41, 5.74) is 3.47. The van der Waals surface area contributed by atoms with Gasteiger partial charge in [-0.25, -0.2) is 0 Å². The Balaban J connectivity index is 1.51. The van der Waals surface area contributed by atoms with Crippen LogP contribution in [0, 0.1) is 0 Å². The van der Waals surface area contributed by atoms with Crippen LogP contribution < -0.4 is 10.1 Å². The van der Waals surface area contributed by atoms with Crippen molar-refractivity contribution in [3.8, 4) is 5.75 Å². The molecule has 0 fully saturated rings. The van der Waals surface area contributed by atoms with Gasteiger partial charge in [-0.3, -0.25) is 4.79 Å². The van der Waals surface area contributed by atoms with Gasteiger partial charge in [0.05, 0.1) is 0 Å². The Morgan fingerprint density at radius 1 is 0.821 bits per heavy atom. The van der Waals surface area contributed by atoms with Crippen molar-refractivity contribution < 1.29 is 14.3 Å². The zero-order valence-electron chi connectivity index (χ0n) is 15.9. The molecule has 0 atom stereocenters. The van der Waals surface area contributed by atoms with Crippen molar-refractivity contribution in [3.05, 3.63) is 95.6 Å². The molecule has 0 unspecified atom stereocenters. The molecule has 0 saturated heterocycles. The summed E-state index contributed by atoms with van der Waals surface area (Å²) in [6.07, 6.45) is 1.31. The smallest absolute Gasteiger partial charge is 0.255 e. The number of para-hydroxylation sites is 1. The molecule has 0 aromatic heterocycles. The monoisotopic (exact) mass is 373 g/mol. The third kappa shape index (κ3) is 5.81. The summed E-state index contributed by atoms with van der Waals surface area (Å²) in [4.78, 5) is 23.3. The summed E-state index contributed by atoms with van der Waals surface area (Å²) in [5.74, 6) is 0.832. The Morgan fingerprint density at radius 2 is 1.46 bits per heavy atom. The fourth-order valence-corrected chi connectivity index (χ4v) is 2.72. The minimum atomic E-state index is -0.139. The quantitative estimate of drug-likeness (QED) is 0.602. The summed E-state index contributed by atoms with van der Waals surface area (Å²) >= 11 is 0. The average molecular weight is 373 g/mol. The van der Waals surface area contributed by atoms with Crippen LogP contribution in [0.3, 0.4) is 0 Å². The van der Waals surface area contributed by atoms with Crippen LogP contribution in [0.4, 0.5) is 5.69 Å². The van der Waals surface area contributed by atoms with Crippen molar-refractivity contribution in [1.29, 1.82) is 0 Å². The highest BCUT2D eigenvalue weighted by Gasteiger charge is 2.06. The van der Waals surface area contributed by atoms with Crippen molar-refractivity contribution in [2.24, 2.45) is 0 Å². The van der Waals surface area contributed by atoms with Crippen LogP contribution in [0.2, 0.25) is 0 Å². The summed E-state index contributed by atoms with van der Waals surface area (Å²) in [6, 6.07) is 24.5. The first kappa shape index (κ1) is 19.4. The molecule has 3 aromatic rings. The average Bonchev–Trinajstić information content (AvgIpc) is 2.72. The zero-order chi connectivity index (χ0) is 19.8. The second-order valence-corrected chi connectivity index (χ2v) is 6.65. The van der Waals surface area contributed by atoms with Gasteiger partial charge in [0.2, 0.25) is 0 Å². The lowest BCUT2D eigenvalue weighted by Crippen LogP contribution is -2.11. The van der Waals surface area contributed by atoms with Crippen molar-refractivity contribution in [1.82, 2.24) is 0 Å². The Kier molecular flexibility index (Phi) is 6.58. The predicted octanol–water partition coefficient (Wildman–Crippen LogP) is 5.04. The molecule has 4 heteroatoms. The molecule has 0 saturated carbocycles. The summed E-state index contributed by atoms with van der Waals surface area (Å²) in [5, 5.41) is 2.87. The molecule has 0 aliphatic heterocycles. The first-order valence-corrected chi connectivity index (χ1v) is 9.27. The molecule has 3 aromatic carbocycles. The highest BCUT2D eigenvalue weighted by molar-refractivity contribution is 6.04. The number of rotatable bonds is 8. The predicted molar refractivity (Wildman–Crippen MR) is 111 cm³/mol. The van der Waals surface area contributed by atoms with Gasteiger partial charge in [0.15, 0.2) is 0 Å². The number of ketones is 1. The third-order valence-electron chi connectivity index (χ3n) is 4.34. The number of hydrogen-bond donors (Lipinski definition) is 1. The maximum atomic E-state index is 12.3. The molecule has 1 amide bonds. The molecule has 0 aliphatic rings.